The predicted octanol–water partition coefficient (Wildman–Crippen LogP) is 2.87. The highest BCUT2D eigenvalue weighted by Gasteiger charge is 2.39. The van der Waals surface area contributed by atoms with E-state index in [1.165, 1.54) is 44.9 Å². The van der Waals surface area contributed by atoms with E-state index >= 15 is 0 Å². The largest absolute Gasteiger partial charge is 0.356 e. The minimum Gasteiger partial charge on any atom is -0.356 e. The van der Waals surface area contributed by atoms with Crippen molar-refractivity contribution in [3.05, 3.63) is 0 Å². The van der Waals surface area contributed by atoms with Crippen molar-refractivity contribution in [3.63, 3.8) is 0 Å². The molecule has 2 fully saturated rings. The highest BCUT2D eigenvalue weighted by molar-refractivity contribution is 5.79. The van der Waals surface area contributed by atoms with E-state index in [0.717, 1.165) is 18.9 Å². The van der Waals surface area contributed by atoms with Gasteiger partial charge in [-0.15, -0.1) is 0 Å². The van der Waals surface area contributed by atoms with Crippen molar-refractivity contribution in [1.29, 1.82) is 0 Å². The molecular weight excluding hydrogens is 186 g/mol. The van der Waals surface area contributed by atoms with Crippen LogP contribution in [0.3, 0.4) is 0 Å². The average molecular weight is 209 g/mol. The summed E-state index contributed by atoms with van der Waals surface area (Å²) in [4.78, 5) is 11.3. The number of hydrogen-bond acceptors (Lipinski definition) is 1. The van der Waals surface area contributed by atoms with E-state index < -0.39 is 0 Å². The first-order valence-electron chi connectivity index (χ1n) is 6.51. The number of carbonyl (C=O) groups is 1. The summed E-state index contributed by atoms with van der Waals surface area (Å²) < 4.78 is 0. The summed E-state index contributed by atoms with van der Waals surface area (Å²) in [6.45, 7) is 3.23. The zero-order chi connectivity index (χ0) is 10.7. The second kappa shape index (κ2) is 4.54. The third-order valence-electron chi connectivity index (χ3n) is 4.30. The van der Waals surface area contributed by atoms with Crippen LogP contribution >= 0.6 is 0 Å². The van der Waals surface area contributed by atoms with Crippen molar-refractivity contribution in [2.24, 2.45) is 11.3 Å². The van der Waals surface area contributed by atoms with Crippen LogP contribution < -0.4 is 5.32 Å². The minimum absolute atomic E-state index is 0.281. The maximum atomic E-state index is 11.3. The summed E-state index contributed by atoms with van der Waals surface area (Å²) in [6.07, 6.45) is 10.1. The van der Waals surface area contributed by atoms with Crippen molar-refractivity contribution in [3.8, 4) is 0 Å². The Bertz CT molecular complexity index is 239. The van der Waals surface area contributed by atoms with Gasteiger partial charge in [0.2, 0.25) is 5.91 Å². The minimum atomic E-state index is 0.281. The van der Waals surface area contributed by atoms with Crippen LogP contribution in [0.5, 0.6) is 0 Å². The van der Waals surface area contributed by atoms with Gasteiger partial charge in [-0.2, -0.15) is 0 Å². The predicted molar refractivity (Wildman–Crippen MR) is 61.5 cm³/mol. The Labute approximate surface area is 92.8 Å². The molecule has 1 amide bonds. The molecule has 1 saturated carbocycles. The van der Waals surface area contributed by atoms with Crippen LogP contribution in [-0.2, 0) is 4.79 Å². The van der Waals surface area contributed by atoms with Gasteiger partial charge in [-0.3, -0.25) is 4.79 Å². The van der Waals surface area contributed by atoms with Crippen molar-refractivity contribution < 1.29 is 4.79 Å². The van der Waals surface area contributed by atoms with Crippen LogP contribution in [0, 0.1) is 11.3 Å². The monoisotopic (exact) mass is 209 g/mol. The van der Waals surface area contributed by atoms with Crippen molar-refractivity contribution in [1.82, 2.24) is 5.32 Å². The lowest BCUT2D eigenvalue weighted by atomic mass is 9.79. The number of nitrogens with one attached hydrogen (secondary N) is 1. The SMILES string of the molecule is CCCC1CCCC2(CC1)CNC(=O)C2. The zero-order valence-corrected chi connectivity index (χ0v) is 9.85. The van der Waals surface area contributed by atoms with Gasteiger partial charge in [0.1, 0.15) is 0 Å². The molecule has 2 nitrogen and oxygen atoms in total. The van der Waals surface area contributed by atoms with Gasteiger partial charge in [-0.1, -0.05) is 32.6 Å². The van der Waals surface area contributed by atoms with Gasteiger partial charge in [-0.25, -0.2) is 0 Å². The summed E-state index contributed by atoms with van der Waals surface area (Å²) in [7, 11) is 0. The third kappa shape index (κ3) is 2.53. The lowest BCUT2D eigenvalue weighted by molar-refractivity contribution is -0.119. The van der Waals surface area contributed by atoms with Gasteiger partial charge in [-0.05, 0) is 30.6 Å². The Morgan fingerprint density at radius 1 is 1.40 bits per heavy atom. The molecule has 0 bridgehead atoms. The fourth-order valence-corrected chi connectivity index (χ4v) is 3.35. The van der Waals surface area contributed by atoms with E-state index in [0.29, 0.717) is 5.41 Å². The molecule has 0 aromatic heterocycles. The molecule has 1 aliphatic heterocycles. The quantitative estimate of drug-likeness (QED) is 0.744. The number of amides is 1. The van der Waals surface area contributed by atoms with Crippen LogP contribution in [-0.4, -0.2) is 12.5 Å². The van der Waals surface area contributed by atoms with Gasteiger partial charge < -0.3 is 5.32 Å². The summed E-state index contributed by atoms with van der Waals surface area (Å²) in [5.41, 5.74) is 0.347. The second-order valence-electron chi connectivity index (χ2n) is 5.54. The molecule has 1 N–H and O–H groups in total. The van der Waals surface area contributed by atoms with Crippen LogP contribution in [0.1, 0.15) is 58.3 Å². The molecule has 1 aliphatic carbocycles. The second-order valence-corrected chi connectivity index (χ2v) is 5.54. The molecule has 2 unspecified atom stereocenters. The van der Waals surface area contributed by atoms with Crippen molar-refractivity contribution in [2.45, 2.75) is 58.3 Å². The number of hydrogen-bond donors (Lipinski definition) is 1. The average Bonchev–Trinajstić information content (AvgIpc) is 2.45. The highest BCUT2D eigenvalue weighted by atomic mass is 16.1. The van der Waals surface area contributed by atoms with E-state index in [1.807, 2.05) is 0 Å². The third-order valence-corrected chi connectivity index (χ3v) is 4.30. The lowest BCUT2D eigenvalue weighted by Crippen LogP contribution is -2.23. The van der Waals surface area contributed by atoms with E-state index in [1.54, 1.807) is 0 Å². The van der Waals surface area contributed by atoms with Crippen LogP contribution in [0.2, 0.25) is 0 Å². The molecule has 86 valence electrons. The molecule has 1 heterocycles. The molecule has 2 rings (SSSR count). The lowest BCUT2D eigenvalue weighted by Gasteiger charge is -2.24. The molecule has 2 atom stereocenters. The summed E-state index contributed by atoms with van der Waals surface area (Å²) in [5.74, 6) is 1.22. The highest BCUT2D eigenvalue weighted by Crippen LogP contribution is 2.42. The Morgan fingerprint density at radius 2 is 2.27 bits per heavy atom. The number of carbonyl (C=O) groups excluding carboxylic acids is 1. The van der Waals surface area contributed by atoms with Gasteiger partial charge >= 0.3 is 0 Å². The first-order chi connectivity index (χ1) is 7.24. The Hall–Kier alpha value is -0.530. The first kappa shape index (κ1) is 11.0. The molecule has 2 aliphatic rings. The van der Waals surface area contributed by atoms with Gasteiger partial charge in [0, 0.05) is 13.0 Å². The topological polar surface area (TPSA) is 29.1 Å². The fraction of sp³-hybridized carbons (Fsp3) is 0.923. The van der Waals surface area contributed by atoms with E-state index in [2.05, 4.69) is 12.2 Å². The molecular formula is C13H23NO. The molecule has 15 heavy (non-hydrogen) atoms. The van der Waals surface area contributed by atoms with Crippen LogP contribution in [0.25, 0.3) is 0 Å². The first-order valence-corrected chi connectivity index (χ1v) is 6.51. The summed E-state index contributed by atoms with van der Waals surface area (Å²) >= 11 is 0. The van der Waals surface area contributed by atoms with Crippen molar-refractivity contribution >= 4 is 5.91 Å². The summed E-state index contributed by atoms with van der Waals surface area (Å²) in [6, 6.07) is 0. The normalized spacial score (nSPS) is 36.6. The fourth-order valence-electron chi connectivity index (χ4n) is 3.35. The summed E-state index contributed by atoms with van der Waals surface area (Å²) in [5, 5.41) is 3.02. The molecule has 2 heteroatoms. The van der Waals surface area contributed by atoms with Gasteiger partial charge in [0.05, 0.1) is 0 Å². The Balaban J connectivity index is 1.92. The molecule has 0 aromatic carbocycles. The standard InChI is InChI=1S/C13H23NO/c1-2-4-11-5-3-7-13(8-6-11)9-12(15)14-10-13/h11H,2-10H2,1H3,(H,14,15). The van der Waals surface area contributed by atoms with Gasteiger partial charge in [0.15, 0.2) is 0 Å². The Morgan fingerprint density at radius 3 is 2.93 bits per heavy atom. The maximum Gasteiger partial charge on any atom is 0.220 e. The van der Waals surface area contributed by atoms with Crippen molar-refractivity contribution in [2.75, 3.05) is 6.54 Å². The smallest absolute Gasteiger partial charge is 0.220 e. The number of rotatable bonds is 2. The maximum absolute atomic E-state index is 11.3. The molecule has 1 saturated heterocycles. The molecule has 1 spiro atoms. The van der Waals surface area contributed by atoms with E-state index in [9.17, 15) is 4.79 Å². The molecule has 0 radical (unpaired) electrons. The zero-order valence-electron chi connectivity index (χ0n) is 9.85. The van der Waals surface area contributed by atoms with Crippen LogP contribution in [0.4, 0.5) is 0 Å². The van der Waals surface area contributed by atoms with Crippen LogP contribution in [0.15, 0.2) is 0 Å². The Kier molecular flexibility index (Phi) is 3.32. The van der Waals surface area contributed by atoms with Gasteiger partial charge in [0.25, 0.3) is 0 Å². The van der Waals surface area contributed by atoms with E-state index in [4.69, 9.17) is 0 Å². The molecule has 0 aromatic rings. The van der Waals surface area contributed by atoms with E-state index in [-0.39, 0.29) is 5.91 Å².